The van der Waals surface area contributed by atoms with Gasteiger partial charge in [0.25, 0.3) is 0 Å². The first kappa shape index (κ1) is 25.3. The first-order chi connectivity index (χ1) is 21.1. The summed E-state index contributed by atoms with van der Waals surface area (Å²) in [4.78, 5) is 14.8. The summed E-state index contributed by atoms with van der Waals surface area (Å²) in [6.07, 6.45) is 0. The molecule has 204 valence electrons. The van der Waals surface area contributed by atoms with Crippen molar-refractivity contribution in [1.82, 2.24) is 15.0 Å². The highest BCUT2D eigenvalue weighted by Gasteiger charge is 2.35. The molecular formula is C40H29N3. The minimum absolute atomic E-state index is 0.0539. The fraction of sp³-hybridized carbons (Fsp3) is 0.0750. The van der Waals surface area contributed by atoms with Crippen molar-refractivity contribution in [1.29, 1.82) is 0 Å². The number of fused-ring (bicyclic) bond motifs is 4. The van der Waals surface area contributed by atoms with Crippen LogP contribution in [0.5, 0.6) is 0 Å². The summed E-state index contributed by atoms with van der Waals surface area (Å²) in [5.74, 6) is 1.99. The third-order valence-corrected chi connectivity index (χ3v) is 8.71. The van der Waals surface area contributed by atoms with Crippen molar-refractivity contribution >= 4 is 10.8 Å². The first-order valence-corrected chi connectivity index (χ1v) is 14.7. The summed E-state index contributed by atoms with van der Waals surface area (Å²) in [7, 11) is 0. The molecule has 0 unspecified atom stereocenters. The van der Waals surface area contributed by atoms with Gasteiger partial charge >= 0.3 is 0 Å². The Labute approximate surface area is 251 Å². The zero-order valence-corrected chi connectivity index (χ0v) is 24.1. The predicted octanol–water partition coefficient (Wildman–Crippen LogP) is 10.00. The van der Waals surface area contributed by atoms with Gasteiger partial charge in [-0.3, -0.25) is 0 Å². The van der Waals surface area contributed by atoms with Crippen LogP contribution in [0, 0.1) is 0 Å². The van der Waals surface area contributed by atoms with Crippen molar-refractivity contribution in [2.45, 2.75) is 19.3 Å². The molecule has 0 fully saturated rings. The van der Waals surface area contributed by atoms with Crippen LogP contribution in [0.3, 0.4) is 0 Å². The fourth-order valence-electron chi connectivity index (χ4n) is 6.49. The van der Waals surface area contributed by atoms with Crippen LogP contribution in [0.15, 0.2) is 140 Å². The van der Waals surface area contributed by atoms with E-state index in [9.17, 15) is 0 Å². The molecule has 0 aliphatic heterocycles. The van der Waals surface area contributed by atoms with Gasteiger partial charge in [-0.15, -0.1) is 0 Å². The van der Waals surface area contributed by atoms with Crippen LogP contribution in [-0.2, 0) is 5.41 Å². The zero-order chi connectivity index (χ0) is 29.0. The maximum absolute atomic E-state index is 4.96. The Hall–Kier alpha value is -5.41. The van der Waals surface area contributed by atoms with E-state index < -0.39 is 0 Å². The van der Waals surface area contributed by atoms with Crippen molar-refractivity contribution in [3.05, 3.63) is 151 Å². The van der Waals surface area contributed by atoms with E-state index in [0.29, 0.717) is 17.5 Å². The topological polar surface area (TPSA) is 38.7 Å². The number of benzene rings is 6. The standard InChI is InChI=1S/C40H29N3/c1-40(2)35-22-10-9-20-32(35)34-24-29-18-12-21-31(33(29)25-36(34)40)28-17-11-19-30(23-28)39-42-37(26-13-5-3-6-14-26)41-38(43-39)27-15-7-4-8-16-27/h3-25H,1-2H3. The maximum Gasteiger partial charge on any atom is 0.164 e. The Morgan fingerprint density at radius 3 is 1.63 bits per heavy atom. The lowest BCUT2D eigenvalue weighted by molar-refractivity contribution is 0.661. The van der Waals surface area contributed by atoms with Gasteiger partial charge in [0.15, 0.2) is 17.5 Å². The molecule has 1 aromatic heterocycles. The summed E-state index contributed by atoms with van der Waals surface area (Å²) in [5, 5.41) is 2.50. The molecule has 1 heterocycles. The van der Waals surface area contributed by atoms with Crippen LogP contribution in [0.4, 0.5) is 0 Å². The highest BCUT2D eigenvalue weighted by atomic mass is 15.0. The molecule has 7 aromatic rings. The first-order valence-electron chi connectivity index (χ1n) is 14.7. The average molecular weight is 552 g/mol. The highest BCUT2D eigenvalue weighted by Crippen LogP contribution is 2.50. The van der Waals surface area contributed by atoms with E-state index in [-0.39, 0.29) is 5.41 Å². The summed E-state index contributed by atoms with van der Waals surface area (Å²) < 4.78 is 0. The summed E-state index contributed by atoms with van der Waals surface area (Å²) >= 11 is 0. The highest BCUT2D eigenvalue weighted by molar-refractivity contribution is 6.01. The number of hydrogen-bond donors (Lipinski definition) is 0. The largest absolute Gasteiger partial charge is 0.208 e. The van der Waals surface area contributed by atoms with Crippen LogP contribution in [0.2, 0.25) is 0 Å². The van der Waals surface area contributed by atoms with Crippen LogP contribution in [-0.4, -0.2) is 15.0 Å². The minimum atomic E-state index is -0.0539. The molecule has 43 heavy (non-hydrogen) atoms. The summed E-state index contributed by atoms with van der Waals surface area (Å²) in [5.41, 5.74) is 10.6. The van der Waals surface area contributed by atoms with Crippen LogP contribution >= 0.6 is 0 Å². The Kier molecular flexibility index (Phi) is 5.80. The molecule has 3 heteroatoms. The van der Waals surface area contributed by atoms with Gasteiger partial charge < -0.3 is 0 Å². The van der Waals surface area contributed by atoms with E-state index in [2.05, 4.69) is 92.7 Å². The molecule has 0 spiro atoms. The van der Waals surface area contributed by atoms with Crippen molar-refractivity contribution in [3.8, 4) is 56.4 Å². The van der Waals surface area contributed by atoms with Gasteiger partial charge in [-0.1, -0.05) is 135 Å². The van der Waals surface area contributed by atoms with E-state index in [1.165, 1.54) is 38.6 Å². The number of hydrogen-bond acceptors (Lipinski definition) is 3. The molecule has 0 amide bonds. The normalized spacial score (nSPS) is 13.1. The second kappa shape index (κ2) is 9.85. The number of nitrogens with zero attached hydrogens (tertiary/aromatic N) is 3. The summed E-state index contributed by atoms with van der Waals surface area (Å²) in [6, 6.07) is 49.0. The van der Waals surface area contributed by atoms with Gasteiger partial charge in [0.2, 0.25) is 0 Å². The molecule has 0 bridgehead atoms. The summed E-state index contributed by atoms with van der Waals surface area (Å²) in [6.45, 7) is 4.67. The third-order valence-electron chi connectivity index (χ3n) is 8.71. The molecule has 0 N–H and O–H groups in total. The Morgan fingerprint density at radius 2 is 0.930 bits per heavy atom. The molecule has 8 rings (SSSR count). The minimum Gasteiger partial charge on any atom is -0.208 e. The van der Waals surface area contributed by atoms with E-state index in [1.54, 1.807) is 0 Å². The third kappa shape index (κ3) is 4.24. The Morgan fingerprint density at radius 1 is 0.395 bits per heavy atom. The van der Waals surface area contributed by atoms with Gasteiger partial charge in [-0.2, -0.15) is 0 Å². The lowest BCUT2D eigenvalue weighted by Gasteiger charge is -2.22. The van der Waals surface area contributed by atoms with Gasteiger partial charge in [0.1, 0.15) is 0 Å². The zero-order valence-electron chi connectivity index (χ0n) is 24.1. The van der Waals surface area contributed by atoms with Gasteiger partial charge in [-0.05, 0) is 62.4 Å². The van der Waals surface area contributed by atoms with E-state index >= 15 is 0 Å². The predicted molar refractivity (Wildman–Crippen MR) is 177 cm³/mol. The van der Waals surface area contributed by atoms with Crippen molar-refractivity contribution in [2.75, 3.05) is 0 Å². The smallest absolute Gasteiger partial charge is 0.164 e. The van der Waals surface area contributed by atoms with Gasteiger partial charge in [0, 0.05) is 22.1 Å². The molecule has 0 saturated carbocycles. The van der Waals surface area contributed by atoms with Crippen molar-refractivity contribution in [2.24, 2.45) is 0 Å². The molecular weight excluding hydrogens is 522 g/mol. The molecule has 0 radical (unpaired) electrons. The maximum atomic E-state index is 4.96. The lowest BCUT2D eigenvalue weighted by atomic mass is 9.81. The molecule has 6 aromatic carbocycles. The van der Waals surface area contributed by atoms with Crippen molar-refractivity contribution in [3.63, 3.8) is 0 Å². The molecule has 3 nitrogen and oxygen atoms in total. The monoisotopic (exact) mass is 551 g/mol. The lowest BCUT2D eigenvalue weighted by Crippen LogP contribution is -2.14. The van der Waals surface area contributed by atoms with Gasteiger partial charge in [0.05, 0.1) is 0 Å². The molecule has 1 aliphatic rings. The molecule has 0 atom stereocenters. The van der Waals surface area contributed by atoms with E-state index in [4.69, 9.17) is 15.0 Å². The Bertz CT molecular complexity index is 2090. The van der Waals surface area contributed by atoms with Crippen molar-refractivity contribution < 1.29 is 0 Å². The van der Waals surface area contributed by atoms with Gasteiger partial charge in [-0.25, -0.2) is 15.0 Å². The van der Waals surface area contributed by atoms with Crippen LogP contribution < -0.4 is 0 Å². The second-order valence-electron chi connectivity index (χ2n) is 11.7. The molecule has 0 saturated heterocycles. The number of aromatic nitrogens is 3. The second-order valence-corrected chi connectivity index (χ2v) is 11.7. The van der Waals surface area contributed by atoms with Crippen LogP contribution in [0.1, 0.15) is 25.0 Å². The molecule has 1 aliphatic carbocycles. The SMILES string of the molecule is CC1(C)c2ccccc2-c2cc3cccc(-c4cccc(-c5nc(-c6ccccc6)nc(-c6ccccc6)n5)c4)c3cc21. The Balaban J connectivity index is 1.28. The van der Waals surface area contributed by atoms with E-state index in [0.717, 1.165) is 22.3 Å². The fourth-order valence-corrected chi connectivity index (χ4v) is 6.49. The number of rotatable bonds is 4. The quantitative estimate of drug-likeness (QED) is 0.218. The van der Waals surface area contributed by atoms with Crippen LogP contribution in [0.25, 0.3) is 67.2 Å². The van der Waals surface area contributed by atoms with E-state index in [1.807, 2.05) is 60.7 Å². The average Bonchev–Trinajstić information content (AvgIpc) is 3.29.